The number of hydrogen-bond acceptors (Lipinski definition) is 1. The van der Waals surface area contributed by atoms with Gasteiger partial charge in [0.1, 0.15) is 0 Å². The van der Waals surface area contributed by atoms with Crippen LogP contribution in [0.2, 0.25) is 19.6 Å². The highest BCUT2D eigenvalue weighted by Crippen LogP contribution is 2.07. The fraction of sp³-hybridized carbons (Fsp3) is 0.200. The predicted molar refractivity (Wildman–Crippen MR) is 83.7 cm³/mol. The molecule has 94 valence electrons. The van der Waals surface area contributed by atoms with Gasteiger partial charge < -0.3 is 4.12 Å². The van der Waals surface area contributed by atoms with Crippen molar-refractivity contribution in [2.24, 2.45) is 0 Å². The van der Waals surface area contributed by atoms with Crippen molar-refractivity contribution in [3.05, 3.63) is 60.7 Å². The fourth-order valence-corrected chi connectivity index (χ4v) is 8.53. The molecule has 0 bridgehead atoms. The monoisotopic (exact) mass is 272 g/mol. The standard InChI is InChI=1S/C15H20OSi2/c1-17(14-10-6-4-7-11-14)16-18(2,3)15-12-8-5-9-13-15/h4-13,17H,1-3H3. The van der Waals surface area contributed by atoms with Gasteiger partial charge in [0.25, 0.3) is 0 Å². The van der Waals surface area contributed by atoms with Crippen molar-refractivity contribution in [1.82, 2.24) is 0 Å². The van der Waals surface area contributed by atoms with Gasteiger partial charge in [0.2, 0.25) is 8.32 Å². The highest BCUT2D eigenvalue weighted by Gasteiger charge is 2.27. The molecule has 0 aliphatic rings. The summed E-state index contributed by atoms with van der Waals surface area (Å²) < 4.78 is 6.49. The van der Waals surface area contributed by atoms with E-state index in [0.29, 0.717) is 0 Å². The summed E-state index contributed by atoms with van der Waals surface area (Å²) in [6.45, 7) is 6.84. The van der Waals surface area contributed by atoms with Gasteiger partial charge >= 0.3 is 0 Å². The van der Waals surface area contributed by atoms with Crippen molar-refractivity contribution in [3.8, 4) is 0 Å². The Balaban J connectivity index is 2.14. The number of benzene rings is 2. The molecule has 2 rings (SSSR count). The van der Waals surface area contributed by atoms with Gasteiger partial charge in [-0.3, -0.25) is 0 Å². The largest absolute Gasteiger partial charge is 0.451 e. The second kappa shape index (κ2) is 5.65. The summed E-state index contributed by atoms with van der Waals surface area (Å²) in [6, 6.07) is 21.3. The van der Waals surface area contributed by atoms with E-state index in [4.69, 9.17) is 4.12 Å². The molecule has 0 saturated carbocycles. The molecule has 1 unspecified atom stereocenters. The van der Waals surface area contributed by atoms with Crippen molar-refractivity contribution in [2.75, 3.05) is 0 Å². The fourth-order valence-electron chi connectivity index (χ4n) is 2.14. The van der Waals surface area contributed by atoms with Crippen LogP contribution in [0.3, 0.4) is 0 Å². The van der Waals surface area contributed by atoms with E-state index in [1.165, 1.54) is 10.4 Å². The van der Waals surface area contributed by atoms with Crippen LogP contribution in [0, 0.1) is 0 Å². The first-order valence-electron chi connectivity index (χ1n) is 6.38. The molecule has 0 aliphatic carbocycles. The van der Waals surface area contributed by atoms with Crippen LogP contribution in [0.25, 0.3) is 0 Å². The molecular weight excluding hydrogens is 252 g/mol. The van der Waals surface area contributed by atoms with Crippen molar-refractivity contribution < 1.29 is 4.12 Å². The minimum Gasteiger partial charge on any atom is -0.451 e. The summed E-state index contributed by atoms with van der Waals surface area (Å²) in [5.74, 6) is 0. The summed E-state index contributed by atoms with van der Waals surface area (Å²) in [5.41, 5.74) is 0. The zero-order chi connectivity index (χ0) is 13.0. The van der Waals surface area contributed by atoms with Gasteiger partial charge in [-0.25, -0.2) is 0 Å². The van der Waals surface area contributed by atoms with Gasteiger partial charge in [0, 0.05) is 0 Å². The topological polar surface area (TPSA) is 9.23 Å². The highest BCUT2D eigenvalue weighted by atomic mass is 28.4. The van der Waals surface area contributed by atoms with Crippen LogP contribution < -0.4 is 10.4 Å². The number of hydrogen-bond donors (Lipinski definition) is 0. The zero-order valence-electron chi connectivity index (χ0n) is 11.3. The molecular formula is C15H20OSi2. The molecule has 0 N–H and O–H groups in total. The van der Waals surface area contributed by atoms with E-state index in [1.54, 1.807) is 0 Å². The zero-order valence-corrected chi connectivity index (χ0v) is 13.4. The summed E-state index contributed by atoms with van der Waals surface area (Å²) in [4.78, 5) is 0. The Morgan fingerprint density at radius 2 is 1.33 bits per heavy atom. The van der Waals surface area contributed by atoms with Crippen molar-refractivity contribution >= 4 is 27.7 Å². The molecule has 0 heterocycles. The Hall–Kier alpha value is -1.17. The van der Waals surface area contributed by atoms with Crippen LogP contribution in [-0.2, 0) is 4.12 Å². The second-order valence-corrected chi connectivity index (χ2v) is 11.5. The van der Waals surface area contributed by atoms with Gasteiger partial charge in [-0.2, -0.15) is 0 Å². The average molecular weight is 272 g/mol. The van der Waals surface area contributed by atoms with E-state index >= 15 is 0 Å². The quantitative estimate of drug-likeness (QED) is 0.777. The van der Waals surface area contributed by atoms with Gasteiger partial charge in [0.15, 0.2) is 9.04 Å². The normalized spacial score (nSPS) is 13.3. The Kier molecular flexibility index (Phi) is 4.16. The first-order valence-corrected chi connectivity index (χ1v) is 11.5. The van der Waals surface area contributed by atoms with Gasteiger partial charge in [-0.05, 0) is 30.0 Å². The molecule has 0 amide bonds. The highest BCUT2D eigenvalue weighted by molar-refractivity contribution is 6.90. The first kappa shape index (κ1) is 13.3. The molecule has 0 aliphatic heterocycles. The van der Waals surface area contributed by atoms with E-state index < -0.39 is 17.4 Å². The maximum atomic E-state index is 6.49. The van der Waals surface area contributed by atoms with Crippen molar-refractivity contribution in [2.45, 2.75) is 19.6 Å². The summed E-state index contributed by atoms with van der Waals surface area (Å²) >= 11 is 0. The molecule has 0 fully saturated rings. The van der Waals surface area contributed by atoms with Crippen LogP contribution in [0.5, 0.6) is 0 Å². The molecule has 0 spiro atoms. The summed E-state index contributed by atoms with van der Waals surface area (Å²) in [5, 5.41) is 2.76. The lowest BCUT2D eigenvalue weighted by molar-refractivity contribution is 0.596. The lowest BCUT2D eigenvalue weighted by Crippen LogP contribution is -2.51. The molecule has 1 nitrogen and oxygen atoms in total. The molecule has 1 atom stereocenters. The van der Waals surface area contributed by atoms with Gasteiger partial charge in [-0.1, -0.05) is 60.7 Å². The SMILES string of the molecule is C[SiH](O[Si](C)(C)c1ccccc1)c1ccccc1. The van der Waals surface area contributed by atoms with Crippen LogP contribution >= 0.6 is 0 Å². The maximum Gasteiger partial charge on any atom is 0.205 e. The predicted octanol–water partition coefficient (Wildman–Crippen LogP) is 2.38. The van der Waals surface area contributed by atoms with Gasteiger partial charge in [-0.15, -0.1) is 0 Å². The molecule has 0 radical (unpaired) electrons. The third-order valence-corrected chi connectivity index (χ3v) is 10.0. The van der Waals surface area contributed by atoms with Crippen LogP contribution in [0.1, 0.15) is 0 Å². The smallest absolute Gasteiger partial charge is 0.205 e. The third-order valence-electron chi connectivity index (χ3n) is 3.21. The average Bonchev–Trinajstić information content (AvgIpc) is 2.40. The maximum absolute atomic E-state index is 6.49. The molecule has 0 aromatic heterocycles. The molecule has 0 saturated heterocycles. The minimum absolute atomic E-state index is 1.29. The Bertz CT molecular complexity index is 482. The van der Waals surface area contributed by atoms with Crippen LogP contribution in [-0.4, -0.2) is 17.4 Å². The van der Waals surface area contributed by atoms with Crippen molar-refractivity contribution in [3.63, 3.8) is 0 Å². The van der Waals surface area contributed by atoms with Crippen LogP contribution in [0.15, 0.2) is 60.7 Å². The van der Waals surface area contributed by atoms with E-state index in [9.17, 15) is 0 Å². The Labute approximate surface area is 112 Å². The third kappa shape index (κ3) is 3.19. The minimum atomic E-state index is -1.76. The first-order chi connectivity index (χ1) is 8.59. The van der Waals surface area contributed by atoms with E-state index in [0.717, 1.165) is 0 Å². The van der Waals surface area contributed by atoms with E-state index in [-0.39, 0.29) is 0 Å². The second-order valence-electron chi connectivity index (χ2n) is 5.05. The van der Waals surface area contributed by atoms with E-state index in [1.807, 2.05) is 0 Å². The van der Waals surface area contributed by atoms with Crippen molar-refractivity contribution in [1.29, 1.82) is 0 Å². The Morgan fingerprint density at radius 1 is 0.833 bits per heavy atom. The molecule has 2 aromatic rings. The molecule has 2 aromatic carbocycles. The summed E-state index contributed by atoms with van der Waals surface area (Å²) in [6.07, 6.45) is 0. The Morgan fingerprint density at radius 3 is 1.89 bits per heavy atom. The van der Waals surface area contributed by atoms with Gasteiger partial charge in [0.05, 0.1) is 0 Å². The summed E-state index contributed by atoms with van der Waals surface area (Å²) in [7, 11) is -3.06. The molecule has 18 heavy (non-hydrogen) atoms. The van der Waals surface area contributed by atoms with Crippen LogP contribution in [0.4, 0.5) is 0 Å². The van der Waals surface area contributed by atoms with E-state index in [2.05, 4.69) is 80.3 Å². The molecule has 3 heteroatoms. The lowest BCUT2D eigenvalue weighted by Gasteiger charge is -2.27. The lowest BCUT2D eigenvalue weighted by atomic mass is 10.4. The number of rotatable bonds is 4.